The summed E-state index contributed by atoms with van der Waals surface area (Å²) in [6, 6.07) is 7.90. The summed E-state index contributed by atoms with van der Waals surface area (Å²) in [5, 5.41) is 11.7. The minimum atomic E-state index is -0.514. The molecule has 1 aromatic carbocycles. The van der Waals surface area contributed by atoms with E-state index in [1.807, 2.05) is 28.2 Å². The molecule has 4 heteroatoms. The summed E-state index contributed by atoms with van der Waals surface area (Å²) >= 11 is 1.60. The van der Waals surface area contributed by atoms with Crippen molar-refractivity contribution in [2.75, 3.05) is 0 Å². The summed E-state index contributed by atoms with van der Waals surface area (Å²) in [6.45, 7) is 0. The molecule has 110 valence electrons. The molecule has 4 saturated carbocycles. The van der Waals surface area contributed by atoms with Crippen molar-refractivity contribution in [3.63, 3.8) is 0 Å². The standard InChI is InChI=1S/C17H19NO2S/c19-15-13-3-1-2-4-14(13)21-18(15)16-6-11-5-12(7-16)9-17(20,8-11)10-16/h1-4,11-12,20H,5-10H2. The summed E-state index contributed by atoms with van der Waals surface area (Å²) in [4.78, 5) is 12.8. The number of aromatic nitrogens is 1. The first-order valence-corrected chi connectivity index (χ1v) is 8.68. The van der Waals surface area contributed by atoms with Crippen molar-refractivity contribution in [1.29, 1.82) is 0 Å². The lowest BCUT2D eigenvalue weighted by atomic mass is 9.51. The zero-order valence-corrected chi connectivity index (χ0v) is 12.7. The number of nitrogens with zero attached hydrogens (tertiary/aromatic N) is 1. The van der Waals surface area contributed by atoms with E-state index in [0.29, 0.717) is 11.8 Å². The van der Waals surface area contributed by atoms with Gasteiger partial charge in [0.2, 0.25) is 0 Å². The molecule has 0 spiro atoms. The Morgan fingerprint density at radius 1 is 1.14 bits per heavy atom. The lowest BCUT2D eigenvalue weighted by molar-refractivity contribution is -0.154. The van der Waals surface area contributed by atoms with Gasteiger partial charge in [0, 0.05) is 6.42 Å². The highest BCUT2D eigenvalue weighted by Crippen LogP contribution is 2.60. The Morgan fingerprint density at radius 3 is 2.52 bits per heavy atom. The summed E-state index contributed by atoms with van der Waals surface area (Å²) < 4.78 is 3.10. The van der Waals surface area contributed by atoms with E-state index in [9.17, 15) is 9.90 Å². The van der Waals surface area contributed by atoms with Crippen molar-refractivity contribution in [3.05, 3.63) is 34.6 Å². The van der Waals surface area contributed by atoms with Gasteiger partial charge >= 0.3 is 0 Å². The monoisotopic (exact) mass is 301 g/mol. The Morgan fingerprint density at radius 2 is 1.86 bits per heavy atom. The normalized spacial score (nSPS) is 41.0. The van der Waals surface area contributed by atoms with Crippen LogP contribution in [0.4, 0.5) is 0 Å². The average Bonchev–Trinajstić information content (AvgIpc) is 2.75. The first kappa shape index (κ1) is 12.4. The summed E-state index contributed by atoms with van der Waals surface area (Å²) in [5.74, 6) is 1.21. The van der Waals surface area contributed by atoms with Crippen molar-refractivity contribution in [2.45, 2.75) is 49.7 Å². The number of fused-ring (bicyclic) bond motifs is 1. The van der Waals surface area contributed by atoms with Gasteiger partial charge in [-0.25, -0.2) is 0 Å². The van der Waals surface area contributed by atoms with Crippen molar-refractivity contribution in [1.82, 2.24) is 3.96 Å². The number of hydrogen-bond donors (Lipinski definition) is 1. The highest BCUT2D eigenvalue weighted by molar-refractivity contribution is 7.13. The van der Waals surface area contributed by atoms with Gasteiger partial charge in [0.1, 0.15) is 0 Å². The van der Waals surface area contributed by atoms with Gasteiger partial charge in [0.25, 0.3) is 5.56 Å². The van der Waals surface area contributed by atoms with E-state index in [0.717, 1.165) is 42.2 Å². The Hall–Kier alpha value is -1.13. The van der Waals surface area contributed by atoms with Gasteiger partial charge in [-0.3, -0.25) is 8.75 Å². The van der Waals surface area contributed by atoms with Crippen LogP contribution in [0.15, 0.2) is 29.1 Å². The van der Waals surface area contributed by atoms with Crippen LogP contribution in [-0.2, 0) is 5.54 Å². The van der Waals surface area contributed by atoms with Crippen LogP contribution in [0.3, 0.4) is 0 Å². The molecule has 0 amide bonds. The highest BCUT2D eigenvalue weighted by atomic mass is 32.1. The fourth-order valence-electron chi connectivity index (χ4n) is 5.69. The van der Waals surface area contributed by atoms with E-state index in [4.69, 9.17) is 0 Å². The Labute approximate surface area is 127 Å². The second kappa shape index (κ2) is 3.79. The molecule has 2 atom stereocenters. The second-order valence-corrected chi connectivity index (χ2v) is 8.58. The van der Waals surface area contributed by atoms with Crippen molar-refractivity contribution in [2.24, 2.45) is 11.8 Å². The van der Waals surface area contributed by atoms with Crippen LogP contribution in [0.5, 0.6) is 0 Å². The van der Waals surface area contributed by atoms with Crippen molar-refractivity contribution < 1.29 is 5.11 Å². The topological polar surface area (TPSA) is 42.2 Å². The predicted octanol–water partition coefficient (Wildman–Crippen LogP) is 3.10. The molecular formula is C17H19NO2S. The van der Waals surface area contributed by atoms with E-state index in [1.54, 1.807) is 11.5 Å². The molecule has 0 radical (unpaired) electrons. The smallest absolute Gasteiger partial charge is 0.269 e. The van der Waals surface area contributed by atoms with Gasteiger partial charge in [0.05, 0.1) is 21.2 Å². The number of hydrogen-bond acceptors (Lipinski definition) is 3. The summed E-state index contributed by atoms with van der Waals surface area (Å²) in [5.41, 5.74) is -0.472. The molecule has 3 nitrogen and oxygen atoms in total. The minimum absolute atomic E-state index is 0.112. The van der Waals surface area contributed by atoms with Crippen LogP contribution in [0.1, 0.15) is 38.5 Å². The second-order valence-electron chi connectivity index (χ2n) is 7.60. The molecule has 6 rings (SSSR count). The molecule has 0 aliphatic heterocycles. The SMILES string of the molecule is O=c1c2ccccc2sn1C12CC3CC(CC(O)(C3)C1)C2. The average molecular weight is 301 g/mol. The maximum absolute atomic E-state index is 12.8. The van der Waals surface area contributed by atoms with Crippen LogP contribution in [-0.4, -0.2) is 14.7 Å². The van der Waals surface area contributed by atoms with Crippen molar-refractivity contribution in [3.8, 4) is 0 Å². The molecule has 0 saturated heterocycles. The predicted molar refractivity (Wildman–Crippen MR) is 83.7 cm³/mol. The lowest BCUT2D eigenvalue weighted by Crippen LogP contribution is -2.60. The van der Waals surface area contributed by atoms with E-state index in [1.165, 1.54) is 6.42 Å². The Bertz CT molecular complexity index is 775. The van der Waals surface area contributed by atoms with E-state index in [2.05, 4.69) is 0 Å². The maximum atomic E-state index is 12.8. The molecule has 4 fully saturated rings. The Kier molecular flexibility index (Phi) is 2.24. The first-order chi connectivity index (χ1) is 10.1. The molecule has 1 heterocycles. The fraction of sp³-hybridized carbons (Fsp3) is 0.588. The molecule has 1 aromatic heterocycles. The quantitative estimate of drug-likeness (QED) is 0.879. The molecule has 4 aliphatic carbocycles. The highest BCUT2D eigenvalue weighted by Gasteiger charge is 2.58. The number of aliphatic hydroxyl groups is 1. The zero-order valence-electron chi connectivity index (χ0n) is 11.9. The van der Waals surface area contributed by atoms with Crippen LogP contribution in [0, 0.1) is 11.8 Å². The van der Waals surface area contributed by atoms with Crippen LogP contribution >= 0.6 is 11.5 Å². The number of benzene rings is 1. The number of rotatable bonds is 1. The van der Waals surface area contributed by atoms with E-state index < -0.39 is 5.60 Å². The molecule has 4 bridgehead atoms. The van der Waals surface area contributed by atoms with Gasteiger partial charge in [-0.05, 0) is 56.1 Å². The van der Waals surface area contributed by atoms with Crippen LogP contribution in [0.25, 0.3) is 10.1 Å². The maximum Gasteiger partial charge on any atom is 0.269 e. The lowest BCUT2D eigenvalue weighted by Gasteiger charge is -2.59. The molecule has 2 unspecified atom stereocenters. The molecule has 2 aromatic rings. The Balaban J connectivity index is 1.72. The van der Waals surface area contributed by atoms with E-state index in [-0.39, 0.29) is 11.1 Å². The zero-order chi connectivity index (χ0) is 14.2. The molecule has 1 N–H and O–H groups in total. The third-order valence-corrected chi connectivity index (χ3v) is 7.21. The first-order valence-electron chi connectivity index (χ1n) is 7.91. The van der Waals surface area contributed by atoms with E-state index >= 15 is 0 Å². The van der Waals surface area contributed by atoms with Crippen molar-refractivity contribution >= 4 is 21.6 Å². The minimum Gasteiger partial charge on any atom is -0.390 e. The van der Waals surface area contributed by atoms with Crippen LogP contribution in [0.2, 0.25) is 0 Å². The fourth-order valence-corrected chi connectivity index (χ4v) is 6.87. The van der Waals surface area contributed by atoms with Gasteiger partial charge in [0.15, 0.2) is 0 Å². The van der Waals surface area contributed by atoms with Gasteiger partial charge < -0.3 is 5.11 Å². The largest absolute Gasteiger partial charge is 0.390 e. The van der Waals surface area contributed by atoms with Gasteiger partial charge in [-0.2, -0.15) is 0 Å². The van der Waals surface area contributed by atoms with Gasteiger partial charge in [-0.15, -0.1) is 0 Å². The summed E-state index contributed by atoms with van der Waals surface area (Å²) in [7, 11) is 0. The third-order valence-electron chi connectivity index (χ3n) is 5.92. The molecular weight excluding hydrogens is 282 g/mol. The summed E-state index contributed by atoms with van der Waals surface area (Å²) in [6.07, 6.45) is 6.09. The van der Waals surface area contributed by atoms with Gasteiger partial charge in [-0.1, -0.05) is 23.7 Å². The van der Waals surface area contributed by atoms with Crippen LogP contribution < -0.4 is 5.56 Å². The molecule has 4 aliphatic rings. The third kappa shape index (κ3) is 1.60. The molecule has 21 heavy (non-hydrogen) atoms.